The molecular weight excluding hydrogens is 224 g/mol. The fourth-order valence-corrected chi connectivity index (χ4v) is 1.70. The molecule has 0 aliphatic heterocycles. The van der Waals surface area contributed by atoms with Crippen LogP contribution in [0.5, 0.6) is 0 Å². The van der Waals surface area contributed by atoms with Crippen LogP contribution < -0.4 is 5.32 Å². The largest absolute Gasteiger partial charge is 0.351 e. The van der Waals surface area contributed by atoms with E-state index in [1.165, 1.54) is 5.56 Å². The van der Waals surface area contributed by atoms with Crippen molar-refractivity contribution >= 4 is 5.91 Å². The predicted octanol–water partition coefficient (Wildman–Crippen LogP) is 2.66. The maximum Gasteiger partial charge on any atom is 0.237 e. The Bertz CT molecular complexity index is 429. The average Bonchev–Trinajstić information content (AvgIpc) is 2.37. The van der Waals surface area contributed by atoms with Crippen LogP contribution in [-0.4, -0.2) is 5.91 Å². The van der Waals surface area contributed by atoms with E-state index >= 15 is 0 Å². The molecule has 1 aromatic rings. The van der Waals surface area contributed by atoms with Gasteiger partial charge in [0.15, 0.2) is 0 Å². The van der Waals surface area contributed by atoms with Crippen LogP contribution in [0.3, 0.4) is 0 Å². The number of benzene rings is 1. The third kappa shape index (κ3) is 3.89. The van der Waals surface area contributed by atoms with Gasteiger partial charge in [-0.1, -0.05) is 45.0 Å². The van der Waals surface area contributed by atoms with E-state index in [0.717, 1.165) is 12.0 Å². The molecular formula is C15H20N2O. The van der Waals surface area contributed by atoms with Crippen molar-refractivity contribution in [3.63, 3.8) is 0 Å². The number of rotatable bonds is 5. The lowest BCUT2D eigenvalue weighted by molar-refractivity contribution is -0.124. The number of hydrogen-bond donors (Lipinski definition) is 1. The molecule has 1 aromatic carbocycles. The highest BCUT2D eigenvalue weighted by Gasteiger charge is 2.20. The summed E-state index contributed by atoms with van der Waals surface area (Å²) in [6, 6.07) is 10.2. The number of nitrogens with one attached hydrogen (secondary N) is 1. The van der Waals surface area contributed by atoms with Crippen LogP contribution in [0.1, 0.15) is 31.9 Å². The Morgan fingerprint density at radius 1 is 1.28 bits per heavy atom. The molecule has 3 heteroatoms. The molecule has 0 radical (unpaired) electrons. The Morgan fingerprint density at radius 2 is 1.83 bits per heavy atom. The average molecular weight is 244 g/mol. The van der Waals surface area contributed by atoms with Crippen LogP contribution in [-0.2, 0) is 17.8 Å². The first-order valence-electron chi connectivity index (χ1n) is 6.33. The summed E-state index contributed by atoms with van der Waals surface area (Å²) in [6.07, 6.45) is 1.01. The Hall–Kier alpha value is -1.82. The van der Waals surface area contributed by atoms with E-state index in [1.807, 2.05) is 32.0 Å². The van der Waals surface area contributed by atoms with Crippen molar-refractivity contribution in [2.45, 2.75) is 33.7 Å². The lowest BCUT2D eigenvalue weighted by Crippen LogP contribution is -2.32. The van der Waals surface area contributed by atoms with Crippen molar-refractivity contribution in [1.29, 1.82) is 5.26 Å². The van der Waals surface area contributed by atoms with Crippen LogP contribution in [0.2, 0.25) is 0 Å². The van der Waals surface area contributed by atoms with Crippen LogP contribution >= 0.6 is 0 Å². The molecule has 3 nitrogen and oxygen atoms in total. The minimum atomic E-state index is -0.570. The summed E-state index contributed by atoms with van der Waals surface area (Å²) < 4.78 is 0. The van der Waals surface area contributed by atoms with Gasteiger partial charge in [0.2, 0.25) is 5.91 Å². The quantitative estimate of drug-likeness (QED) is 0.865. The van der Waals surface area contributed by atoms with Gasteiger partial charge in [0, 0.05) is 6.54 Å². The molecule has 0 saturated carbocycles. The third-order valence-corrected chi connectivity index (χ3v) is 2.99. The van der Waals surface area contributed by atoms with E-state index in [0.29, 0.717) is 6.54 Å². The number of hydrogen-bond acceptors (Lipinski definition) is 2. The van der Waals surface area contributed by atoms with Crippen molar-refractivity contribution in [2.24, 2.45) is 11.8 Å². The van der Waals surface area contributed by atoms with Gasteiger partial charge >= 0.3 is 0 Å². The van der Waals surface area contributed by atoms with Crippen molar-refractivity contribution in [1.82, 2.24) is 5.32 Å². The summed E-state index contributed by atoms with van der Waals surface area (Å²) in [5, 5.41) is 11.7. The Kier molecular flexibility index (Phi) is 5.38. The number of carbonyl (C=O) groups is 1. The molecule has 18 heavy (non-hydrogen) atoms. The zero-order valence-corrected chi connectivity index (χ0v) is 11.2. The molecule has 0 aromatic heterocycles. The monoisotopic (exact) mass is 244 g/mol. The second-order valence-electron chi connectivity index (χ2n) is 4.74. The number of nitriles is 1. The second kappa shape index (κ2) is 6.80. The summed E-state index contributed by atoms with van der Waals surface area (Å²) >= 11 is 0. The summed E-state index contributed by atoms with van der Waals surface area (Å²) in [7, 11) is 0. The zero-order chi connectivity index (χ0) is 13.5. The molecule has 0 saturated heterocycles. The topological polar surface area (TPSA) is 52.9 Å². The van der Waals surface area contributed by atoms with Gasteiger partial charge in [0.05, 0.1) is 6.07 Å². The predicted molar refractivity (Wildman–Crippen MR) is 71.6 cm³/mol. The second-order valence-corrected chi connectivity index (χ2v) is 4.74. The maximum atomic E-state index is 11.8. The molecule has 1 N–H and O–H groups in total. The van der Waals surface area contributed by atoms with E-state index < -0.39 is 5.92 Å². The Morgan fingerprint density at radius 3 is 2.28 bits per heavy atom. The van der Waals surface area contributed by atoms with Gasteiger partial charge in [-0.25, -0.2) is 0 Å². The third-order valence-electron chi connectivity index (χ3n) is 2.99. The lowest BCUT2D eigenvalue weighted by atomic mass is 9.96. The summed E-state index contributed by atoms with van der Waals surface area (Å²) in [5.41, 5.74) is 2.34. The van der Waals surface area contributed by atoms with Crippen molar-refractivity contribution < 1.29 is 4.79 Å². The standard InChI is InChI=1S/C15H20N2O/c1-4-12-5-7-13(8-6-12)10-17-15(18)14(9-16)11(2)3/h5-8,11,14H,4,10H2,1-3H3,(H,17,18). The number of aryl methyl sites for hydroxylation is 1. The van der Waals surface area contributed by atoms with Crippen LogP contribution in [0.15, 0.2) is 24.3 Å². The maximum absolute atomic E-state index is 11.8. The van der Waals surface area contributed by atoms with E-state index in [1.54, 1.807) is 0 Å². The van der Waals surface area contributed by atoms with Gasteiger partial charge in [0.1, 0.15) is 5.92 Å². The Labute approximate surface area is 109 Å². The van der Waals surface area contributed by atoms with Gasteiger partial charge in [-0.2, -0.15) is 5.26 Å². The molecule has 0 aliphatic carbocycles. The van der Waals surface area contributed by atoms with Crippen molar-refractivity contribution in [3.8, 4) is 6.07 Å². The summed E-state index contributed by atoms with van der Waals surface area (Å²) in [5.74, 6) is -0.718. The van der Waals surface area contributed by atoms with Gasteiger partial charge in [0.25, 0.3) is 0 Å². The minimum Gasteiger partial charge on any atom is -0.351 e. The summed E-state index contributed by atoms with van der Waals surface area (Å²) in [4.78, 5) is 11.8. The van der Waals surface area contributed by atoms with Gasteiger partial charge < -0.3 is 5.32 Å². The molecule has 1 amide bonds. The van der Waals surface area contributed by atoms with Crippen LogP contribution in [0, 0.1) is 23.2 Å². The highest BCUT2D eigenvalue weighted by molar-refractivity contribution is 5.81. The van der Waals surface area contributed by atoms with Crippen molar-refractivity contribution in [3.05, 3.63) is 35.4 Å². The van der Waals surface area contributed by atoms with E-state index in [9.17, 15) is 4.79 Å². The number of carbonyl (C=O) groups excluding carboxylic acids is 1. The van der Waals surface area contributed by atoms with E-state index in [2.05, 4.69) is 24.4 Å². The summed E-state index contributed by atoms with van der Waals surface area (Å²) in [6.45, 7) is 6.34. The van der Waals surface area contributed by atoms with Gasteiger partial charge in [-0.05, 0) is 23.5 Å². The molecule has 0 heterocycles. The highest BCUT2D eigenvalue weighted by Crippen LogP contribution is 2.10. The van der Waals surface area contributed by atoms with E-state index in [-0.39, 0.29) is 11.8 Å². The normalized spacial score (nSPS) is 11.9. The molecule has 96 valence electrons. The van der Waals surface area contributed by atoms with Crippen LogP contribution in [0.25, 0.3) is 0 Å². The molecule has 0 bridgehead atoms. The smallest absolute Gasteiger partial charge is 0.237 e. The molecule has 0 aliphatic rings. The fourth-order valence-electron chi connectivity index (χ4n) is 1.70. The zero-order valence-electron chi connectivity index (χ0n) is 11.2. The van der Waals surface area contributed by atoms with Crippen LogP contribution in [0.4, 0.5) is 0 Å². The SMILES string of the molecule is CCc1ccc(CNC(=O)C(C#N)C(C)C)cc1. The van der Waals surface area contributed by atoms with Gasteiger partial charge in [-0.3, -0.25) is 4.79 Å². The van der Waals surface area contributed by atoms with E-state index in [4.69, 9.17) is 5.26 Å². The minimum absolute atomic E-state index is 0.0393. The van der Waals surface area contributed by atoms with Gasteiger partial charge in [-0.15, -0.1) is 0 Å². The first-order valence-corrected chi connectivity index (χ1v) is 6.33. The highest BCUT2D eigenvalue weighted by atomic mass is 16.1. The first-order chi connectivity index (χ1) is 8.58. The number of nitrogens with zero attached hydrogens (tertiary/aromatic N) is 1. The molecule has 1 rings (SSSR count). The first kappa shape index (κ1) is 14.2. The number of amides is 1. The molecule has 1 unspecified atom stereocenters. The molecule has 0 fully saturated rings. The molecule has 0 spiro atoms. The fraction of sp³-hybridized carbons (Fsp3) is 0.467. The van der Waals surface area contributed by atoms with Crippen molar-refractivity contribution in [2.75, 3.05) is 0 Å². The lowest BCUT2D eigenvalue weighted by Gasteiger charge is -2.13. The molecule has 1 atom stereocenters. The Balaban J connectivity index is 2.54.